The van der Waals surface area contributed by atoms with Gasteiger partial charge >= 0.3 is 11.9 Å². The smallest absolute Gasteiger partial charge is 0.320 e. The van der Waals surface area contributed by atoms with Crippen LogP contribution in [0.4, 0.5) is 0 Å². The Hall–Kier alpha value is -2.62. The third-order valence-corrected chi connectivity index (χ3v) is 5.64. The minimum absolute atomic E-state index is 0.277. The Morgan fingerprint density at radius 1 is 0.708 bits per heavy atom. The molecule has 0 amide bonds. The van der Waals surface area contributed by atoms with Crippen molar-refractivity contribution >= 4 is 11.9 Å². The van der Waals surface area contributed by atoms with Crippen LogP contribution in [0.1, 0.15) is 35.1 Å². The van der Waals surface area contributed by atoms with Gasteiger partial charge in [0.25, 0.3) is 0 Å². The lowest BCUT2D eigenvalue weighted by Crippen LogP contribution is -2.56. The first kappa shape index (κ1) is 14.9. The van der Waals surface area contributed by atoms with E-state index < -0.39 is 10.8 Å². The molecule has 5 rings (SSSR count). The van der Waals surface area contributed by atoms with E-state index in [1.165, 1.54) is 14.2 Å². The lowest BCUT2D eigenvalue weighted by atomic mass is 9.49. The molecule has 0 spiro atoms. The van der Waals surface area contributed by atoms with Gasteiger partial charge in [0.2, 0.25) is 0 Å². The summed E-state index contributed by atoms with van der Waals surface area (Å²) in [6.45, 7) is 0. The van der Waals surface area contributed by atoms with Gasteiger partial charge in [0.15, 0.2) is 0 Å². The normalized spacial score (nSPS) is 26.2. The first-order valence-electron chi connectivity index (χ1n) is 7.99. The quantitative estimate of drug-likeness (QED) is 0.798. The van der Waals surface area contributed by atoms with E-state index in [4.69, 9.17) is 9.47 Å². The summed E-state index contributed by atoms with van der Waals surface area (Å²) in [6, 6.07) is 15.3. The van der Waals surface area contributed by atoms with Gasteiger partial charge in [0.1, 0.15) is 10.8 Å². The molecule has 0 aromatic heterocycles. The number of hydrogen-bond donors (Lipinski definition) is 0. The fourth-order valence-electron chi connectivity index (χ4n) is 4.65. The second kappa shape index (κ2) is 4.94. The number of esters is 2. The molecule has 4 heteroatoms. The highest BCUT2D eigenvalue weighted by Gasteiger charge is 2.62. The molecule has 2 aromatic carbocycles. The van der Waals surface area contributed by atoms with Gasteiger partial charge in [-0.05, 0) is 35.1 Å². The second-order valence-electron chi connectivity index (χ2n) is 6.38. The number of ether oxygens (including phenoxy) is 2. The Morgan fingerprint density at radius 2 is 1.00 bits per heavy atom. The van der Waals surface area contributed by atoms with Crippen LogP contribution in [0.2, 0.25) is 0 Å². The summed E-state index contributed by atoms with van der Waals surface area (Å²) in [5, 5.41) is 0. The highest BCUT2D eigenvalue weighted by molar-refractivity contribution is 5.98. The van der Waals surface area contributed by atoms with Crippen molar-refractivity contribution in [3.63, 3.8) is 0 Å². The molecule has 0 fully saturated rings. The van der Waals surface area contributed by atoms with Gasteiger partial charge in [-0.15, -0.1) is 0 Å². The molecule has 0 saturated carbocycles. The van der Waals surface area contributed by atoms with Crippen LogP contribution < -0.4 is 0 Å². The van der Waals surface area contributed by atoms with E-state index in [2.05, 4.69) is 0 Å². The maximum atomic E-state index is 12.9. The van der Waals surface area contributed by atoms with Crippen LogP contribution in [0.3, 0.4) is 0 Å². The summed E-state index contributed by atoms with van der Waals surface area (Å²) >= 11 is 0. The van der Waals surface area contributed by atoms with Gasteiger partial charge in [0, 0.05) is 0 Å². The molecule has 2 aromatic rings. The van der Waals surface area contributed by atoms with Crippen molar-refractivity contribution in [2.24, 2.45) is 0 Å². The molecule has 0 atom stereocenters. The highest BCUT2D eigenvalue weighted by atomic mass is 16.5. The first-order valence-corrected chi connectivity index (χ1v) is 7.99. The lowest BCUT2D eigenvalue weighted by molar-refractivity contribution is -0.152. The fraction of sp³-hybridized carbons (Fsp3) is 0.300. The van der Waals surface area contributed by atoms with Gasteiger partial charge in [-0.25, -0.2) is 0 Å². The van der Waals surface area contributed by atoms with Gasteiger partial charge in [-0.1, -0.05) is 48.5 Å². The number of hydrogen-bond acceptors (Lipinski definition) is 4. The van der Waals surface area contributed by atoms with Gasteiger partial charge in [0.05, 0.1) is 14.2 Å². The molecule has 0 aliphatic heterocycles. The van der Waals surface area contributed by atoms with Crippen molar-refractivity contribution in [2.45, 2.75) is 23.7 Å². The summed E-state index contributed by atoms with van der Waals surface area (Å²) < 4.78 is 10.4. The largest absolute Gasteiger partial charge is 0.468 e. The number of rotatable bonds is 2. The Labute approximate surface area is 140 Å². The van der Waals surface area contributed by atoms with Gasteiger partial charge < -0.3 is 9.47 Å². The Kier molecular flexibility index (Phi) is 3.07. The minimum atomic E-state index is -0.849. The number of carbonyl (C=O) groups excluding carboxylic acids is 2. The zero-order chi connectivity index (χ0) is 16.9. The molecule has 2 bridgehead atoms. The van der Waals surface area contributed by atoms with E-state index in [1.807, 2.05) is 48.5 Å². The van der Waals surface area contributed by atoms with Crippen LogP contribution in [0.15, 0.2) is 48.5 Å². The molecule has 3 aliphatic rings. The van der Waals surface area contributed by atoms with E-state index >= 15 is 0 Å². The van der Waals surface area contributed by atoms with Crippen molar-refractivity contribution in [1.29, 1.82) is 0 Å². The van der Waals surface area contributed by atoms with Crippen LogP contribution in [-0.2, 0) is 29.9 Å². The standard InChI is InChI=1S/C20H18O4/c1-23-17(21)19-11-12-20(18(22)24-2,15-9-5-3-7-13(15)19)16-10-6-4-8-14(16)19/h3-10H,11-12H2,1-2H3. The molecule has 0 radical (unpaired) electrons. The van der Waals surface area contributed by atoms with Crippen molar-refractivity contribution in [3.8, 4) is 0 Å². The molecule has 3 aliphatic carbocycles. The summed E-state index contributed by atoms with van der Waals surface area (Å²) in [4.78, 5) is 25.8. The number of carbonyl (C=O) groups is 2. The summed E-state index contributed by atoms with van der Waals surface area (Å²) in [5.41, 5.74) is 1.72. The molecule has 0 unspecified atom stereocenters. The van der Waals surface area contributed by atoms with Crippen molar-refractivity contribution in [3.05, 3.63) is 70.8 Å². The minimum Gasteiger partial charge on any atom is -0.468 e. The molecule has 122 valence electrons. The van der Waals surface area contributed by atoms with Crippen LogP contribution in [0.25, 0.3) is 0 Å². The third-order valence-electron chi connectivity index (χ3n) is 5.64. The molecule has 24 heavy (non-hydrogen) atoms. The van der Waals surface area contributed by atoms with E-state index in [0.717, 1.165) is 22.3 Å². The van der Waals surface area contributed by atoms with E-state index in [-0.39, 0.29) is 11.9 Å². The van der Waals surface area contributed by atoms with E-state index in [0.29, 0.717) is 12.8 Å². The molecular formula is C20H18O4. The number of benzene rings is 2. The van der Waals surface area contributed by atoms with Crippen LogP contribution in [-0.4, -0.2) is 26.2 Å². The van der Waals surface area contributed by atoms with Gasteiger partial charge in [-0.2, -0.15) is 0 Å². The maximum Gasteiger partial charge on any atom is 0.320 e. The zero-order valence-corrected chi connectivity index (χ0v) is 13.7. The van der Waals surface area contributed by atoms with Crippen molar-refractivity contribution in [1.82, 2.24) is 0 Å². The predicted molar refractivity (Wildman–Crippen MR) is 87.7 cm³/mol. The lowest BCUT2D eigenvalue weighted by Gasteiger charge is -2.52. The Bertz CT molecular complexity index is 735. The van der Waals surface area contributed by atoms with Crippen molar-refractivity contribution < 1.29 is 19.1 Å². The topological polar surface area (TPSA) is 52.6 Å². The average Bonchev–Trinajstić information content (AvgIpc) is 2.67. The number of methoxy groups -OCH3 is 2. The summed E-state index contributed by atoms with van der Waals surface area (Å²) in [7, 11) is 2.83. The monoisotopic (exact) mass is 322 g/mol. The highest BCUT2D eigenvalue weighted by Crippen LogP contribution is 2.60. The van der Waals surface area contributed by atoms with Crippen LogP contribution >= 0.6 is 0 Å². The zero-order valence-electron chi connectivity index (χ0n) is 13.7. The van der Waals surface area contributed by atoms with Crippen LogP contribution in [0, 0.1) is 0 Å². The predicted octanol–water partition coefficient (Wildman–Crippen LogP) is 2.71. The molecule has 0 heterocycles. The molecule has 0 saturated heterocycles. The molecule has 0 N–H and O–H groups in total. The number of fused-ring (bicyclic) bond motifs is 1. The SMILES string of the molecule is COC(=O)C12CCC(C(=O)OC)(c3ccccc31)c1ccccc12. The fourth-order valence-corrected chi connectivity index (χ4v) is 4.65. The summed E-state index contributed by atoms with van der Waals surface area (Å²) in [6.07, 6.45) is 1.06. The summed E-state index contributed by atoms with van der Waals surface area (Å²) in [5.74, 6) is -0.555. The Morgan fingerprint density at radius 3 is 1.25 bits per heavy atom. The first-order chi connectivity index (χ1) is 11.6. The van der Waals surface area contributed by atoms with Crippen molar-refractivity contribution in [2.75, 3.05) is 14.2 Å². The average molecular weight is 322 g/mol. The maximum absolute atomic E-state index is 12.9. The molecule has 4 nitrogen and oxygen atoms in total. The van der Waals surface area contributed by atoms with Gasteiger partial charge in [-0.3, -0.25) is 9.59 Å². The Balaban J connectivity index is 2.15. The van der Waals surface area contributed by atoms with Crippen LogP contribution in [0.5, 0.6) is 0 Å². The second-order valence-corrected chi connectivity index (χ2v) is 6.38. The van der Waals surface area contributed by atoms with E-state index in [1.54, 1.807) is 0 Å². The van der Waals surface area contributed by atoms with E-state index in [9.17, 15) is 9.59 Å². The molecular weight excluding hydrogens is 304 g/mol. The third kappa shape index (κ3) is 1.49.